The van der Waals surface area contributed by atoms with Gasteiger partial charge in [0.1, 0.15) is 0 Å². The number of rotatable bonds is 4. The Labute approximate surface area is 93.5 Å². The summed E-state index contributed by atoms with van der Waals surface area (Å²) < 4.78 is 0. The maximum Gasteiger partial charge on any atom is 0.335 e. The van der Waals surface area contributed by atoms with Gasteiger partial charge < -0.3 is 10.2 Å². The van der Waals surface area contributed by atoms with Gasteiger partial charge in [-0.05, 0) is 36.1 Å². The van der Waals surface area contributed by atoms with Gasteiger partial charge >= 0.3 is 11.9 Å². The van der Waals surface area contributed by atoms with Gasteiger partial charge in [0.25, 0.3) is 0 Å². The van der Waals surface area contributed by atoms with E-state index in [2.05, 4.69) is 0 Å². The lowest BCUT2D eigenvalue weighted by molar-refractivity contribution is 0.0679. The van der Waals surface area contributed by atoms with Gasteiger partial charge in [0.05, 0.1) is 11.1 Å². The van der Waals surface area contributed by atoms with Crippen LogP contribution in [0.25, 0.3) is 0 Å². The Morgan fingerprint density at radius 2 is 1.88 bits per heavy atom. The van der Waals surface area contributed by atoms with Crippen LogP contribution in [0.15, 0.2) is 18.2 Å². The van der Waals surface area contributed by atoms with Gasteiger partial charge in [-0.2, -0.15) is 0 Å². The molecule has 1 aromatic carbocycles. The molecule has 1 unspecified atom stereocenters. The maximum atomic E-state index is 11.0. The predicted octanol–water partition coefficient (Wildman–Crippen LogP) is 2.60. The minimum Gasteiger partial charge on any atom is -0.478 e. The standard InChI is InChI=1S/C12H14O4/c1-3-7(2)10-6-8(11(13)14)4-5-9(10)12(15)16/h4-7H,3H2,1-2H3,(H,13,14)(H,15,16). The normalized spacial score (nSPS) is 12.1. The fourth-order valence-corrected chi connectivity index (χ4v) is 1.52. The molecule has 0 aliphatic heterocycles. The SMILES string of the molecule is CCC(C)c1cc(C(=O)O)ccc1C(=O)O. The number of hydrogen-bond acceptors (Lipinski definition) is 2. The molecule has 0 bridgehead atoms. The quantitative estimate of drug-likeness (QED) is 0.821. The monoisotopic (exact) mass is 222 g/mol. The van der Waals surface area contributed by atoms with E-state index in [1.54, 1.807) is 0 Å². The van der Waals surface area contributed by atoms with Gasteiger partial charge in [-0.3, -0.25) is 0 Å². The van der Waals surface area contributed by atoms with Crippen molar-refractivity contribution in [2.75, 3.05) is 0 Å². The van der Waals surface area contributed by atoms with Crippen LogP contribution in [0.2, 0.25) is 0 Å². The summed E-state index contributed by atoms with van der Waals surface area (Å²) in [5, 5.41) is 17.8. The Kier molecular flexibility index (Phi) is 3.66. The van der Waals surface area contributed by atoms with Crippen LogP contribution in [0.3, 0.4) is 0 Å². The lowest BCUT2D eigenvalue weighted by atomic mass is 9.92. The molecule has 1 aromatic rings. The molecule has 1 atom stereocenters. The summed E-state index contributed by atoms with van der Waals surface area (Å²) in [6, 6.07) is 4.12. The number of hydrogen-bond donors (Lipinski definition) is 2. The first-order valence-corrected chi connectivity index (χ1v) is 5.07. The number of aromatic carboxylic acids is 2. The van der Waals surface area contributed by atoms with Gasteiger partial charge in [0, 0.05) is 0 Å². The molecule has 0 aliphatic carbocycles. The molecule has 0 amide bonds. The van der Waals surface area contributed by atoms with Crippen LogP contribution in [-0.2, 0) is 0 Å². The second kappa shape index (κ2) is 4.79. The van der Waals surface area contributed by atoms with E-state index in [1.807, 2.05) is 13.8 Å². The van der Waals surface area contributed by atoms with Crippen molar-refractivity contribution in [3.8, 4) is 0 Å². The molecule has 4 heteroatoms. The van der Waals surface area contributed by atoms with Gasteiger partial charge in [-0.25, -0.2) is 9.59 Å². The average molecular weight is 222 g/mol. The second-order valence-electron chi connectivity index (χ2n) is 3.72. The van der Waals surface area contributed by atoms with Crippen LogP contribution in [-0.4, -0.2) is 22.2 Å². The average Bonchev–Trinajstić information content (AvgIpc) is 2.26. The topological polar surface area (TPSA) is 74.6 Å². The van der Waals surface area contributed by atoms with E-state index in [1.165, 1.54) is 18.2 Å². The van der Waals surface area contributed by atoms with E-state index in [-0.39, 0.29) is 17.0 Å². The molecule has 0 saturated carbocycles. The van der Waals surface area contributed by atoms with Gasteiger partial charge in [-0.15, -0.1) is 0 Å². The number of benzene rings is 1. The van der Waals surface area contributed by atoms with Crippen molar-refractivity contribution >= 4 is 11.9 Å². The minimum absolute atomic E-state index is 0.0328. The van der Waals surface area contributed by atoms with E-state index >= 15 is 0 Å². The van der Waals surface area contributed by atoms with Crippen molar-refractivity contribution in [2.24, 2.45) is 0 Å². The van der Waals surface area contributed by atoms with Crippen LogP contribution in [0, 0.1) is 0 Å². The van der Waals surface area contributed by atoms with Crippen molar-refractivity contribution in [3.05, 3.63) is 34.9 Å². The minimum atomic E-state index is -1.04. The lowest BCUT2D eigenvalue weighted by Gasteiger charge is -2.13. The Hall–Kier alpha value is -1.84. The van der Waals surface area contributed by atoms with Crippen LogP contribution in [0.1, 0.15) is 52.5 Å². The molecule has 0 aromatic heterocycles. The van der Waals surface area contributed by atoms with E-state index < -0.39 is 11.9 Å². The molecule has 86 valence electrons. The first-order valence-electron chi connectivity index (χ1n) is 5.07. The first kappa shape index (κ1) is 12.2. The van der Waals surface area contributed by atoms with Gasteiger partial charge in [0.2, 0.25) is 0 Å². The summed E-state index contributed by atoms with van der Waals surface area (Å²) in [5.74, 6) is -2.03. The Morgan fingerprint density at radius 1 is 1.25 bits per heavy atom. The van der Waals surface area contributed by atoms with Gasteiger partial charge in [-0.1, -0.05) is 13.8 Å². The third-order valence-electron chi connectivity index (χ3n) is 2.67. The highest BCUT2D eigenvalue weighted by atomic mass is 16.4. The van der Waals surface area contributed by atoms with Crippen LogP contribution in [0.5, 0.6) is 0 Å². The molecule has 2 N–H and O–H groups in total. The highest BCUT2D eigenvalue weighted by Gasteiger charge is 2.16. The van der Waals surface area contributed by atoms with Crippen molar-refractivity contribution in [1.29, 1.82) is 0 Å². The molecule has 0 fully saturated rings. The first-order chi connectivity index (χ1) is 7.47. The number of carboxylic acid groups (broad SMARTS) is 2. The lowest BCUT2D eigenvalue weighted by Crippen LogP contribution is -2.08. The number of carboxylic acids is 2. The summed E-state index contributed by atoms with van der Waals surface area (Å²) in [7, 11) is 0. The molecule has 0 aliphatic rings. The zero-order valence-electron chi connectivity index (χ0n) is 9.23. The third-order valence-corrected chi connectivity index (χ3v) is 2.67. The third kappa shape index (κ3) is 2.39. The smallest absolute Gasteiger partial charge is 0.335 e. The Morgan fingerprint density at radius 3 is 2.31 bits per heavy atom. The highest BCUT2D eigenvalue weighted by Crippen LogP contribution is 2.24. The summed E-state index contributed by atoms with van der Waals surface area (Å²) in [6.07, 6.45) is 0.767. The Bertz CT molecular complexity index is 423. The van der Waals surface area contributed by atoms with Crippen LogP contribution in [0.4, 0.5) is 0 Å². The molecular formula is C12H14O4. The molecule has 4 nitrogen and oxygen atoms in total. The van der Waals surface area contributed by atoms with Crippen molar-refractivity contribution < 1.29 is 19.8 Å². The zero-order chi connectivity index (χ0) is 12.3. The zero-order valence-corrected chi connectivity index (χ0v) is 9.23. The highest BCUT2D eigenvalue weighted by molar-refractivity contribution is 5.93. The molecule has 16 heavy (non-hydrogen) atoms. The van der Waals surface area contributed by atoms with E-state index in [4.69, 9.17) is 10.2 Å². The molecule has 0 radical (unpaired) electrons. The Balaban J connectivity index is 3.32. The van der Waals surface area contributed by atoms with E-state index in [9.17, 15) is 9.59 Å². The second-order valence-corrected chi connectivity index (χ2v) is 3.72. The number of carbonyl (C=O) groups is 2. The maximum absolute atomic E-state index is 11.0. The molecular weight excluding hydrogens is 208 g/mol. The molecule has 1 rings (SSSR count). The fourth-order valence-electron chi connectivity index (χ4n) is 1.52. The summed E-state index contributed by atoms with van der Waals surface area (Å²) in [5.41, 5.74) is 0.884. The van der Waals surface area contributed by atoms with Gasteiger partial charge in [0.15, 0.2) is 0 Å². The van der Waals surface area contributed by atoms with Crippen molar-refractivity contribution in [3.63, 3.8) is 0 Å². The van der Waals surface area contributed by atoms with Crippen molar-refractivity contribution in [1.82, 2.24) is 0 Å². The van der Waals surface area contributed by atoms with Crippen LogP contribution < -0.4 is 0 Å². The summed E-state index contributed by atoms with van der Waals surface area (Å²) in [6.45, 7) is 3.82. The predicted molar refractivity (Wildman–Crippen MR) is 59.1 cm³/mol. The van der Waals surface area contributed by atoms with Crippen molar-refractivity contribution in [2.45, 2.75) is 26.2 Å². The van der Waals surface area contributed by atoms with E-state index in [0.29, 0.717) is 5.56 Å². The molecule has 0 spiro atoms. The summed E-state index contributed by atoms with van der Waals surface area (Å²) in [4.78, 5) is 21.8. The fraction of sp³-hybridized carbons (Fsp3) is 0.333. The van der Waals surface area contributed by atoms with E-state index in [0.717, 1.165) is 6.42 Å². The molecule has 0 saturated heterocycles. The molecule has 0 heterocycles. The van der Waals surface area contributed by atoms with Crippen LogP contribution >= 0.6 is 0 Å². The largest absolute Gasteiger partial charge is 0.478 e. The summed E-state index contributed by atoms with van der Waals surface area (Å²) >= 11 is 0.